The van der Waals surface area contributed by atoms with E-state index in [1.54, 1.807) is 0 Å². The van der Waals surface area contributed by atoms with E-state index in [1.165, 1.54) is 12.8 Å². The van der Waals surface area contributed by atoms with Gasteiger partial charge in [-0.3, -0.25) is 24.1 Å². The third kappa shape index (κ3) is 18.4. The van der Waals surface area contributed by atoms with Gasteiger partial charge in [-0.2, -0.15) is 0 Å². The van der Waals surface area contributed by atoms with Crippen LogP contribution >= 0.6 is 0 Å². The van der Waals surface area contributed by atoms with Gasteiger partial charge in [0.25, 0.3) is 5.91 Å². The van der Waals surface area contributed by atoms with Crippen molar-refractivity contribution in [2.24, 2.45) is 34.4 Å². The van der Waals surface area contributed by atoms with Gasteiger partial charge >= 0.3 is 0 Å². The molecule has 0 radical (unpaired) electrons. The molecule has 0 heterocycles. The predicted molar refractivity (Wildman–Crippen MR) is 169 cm³/mol. The molecular formula is C30H62N8O4. The van der Waals surface area contributed by atoms with Gasteiger partial charge in [-0.15, -0.1) is 0 Å². The number of primary amides is 1. The summed E-state index contributed by atoms with van der Waals surface area (Å²) >= 11 is 0. The molecule has 246 valence electrons. The Balaban J connectivity index is 5.54. The Labute approximate surface area is 253 Å². The number of hydrogen-bond donors (Lipinski definition) is 7. The Kier molecular flexibility index (Phi) is 25.2. The first-order chi connectivity index (χ1) is 20.2. The fourth-order valence-corrected chi connectivity index (χ4v) is 4.95. The molecule has 3 atom stereocenters. The molecular weight excluding hydrogens is 536 g/mol. The van der Waals surface area contributed by atoms with Gasteiger partial charge in [0.1, 0.15) is 12.1 Å². The lowest BCUT2D eigenvalue weighted by molar-refractivity contribution is -0.154. The van der Waals surface area contributed by atoms with Crippen molar-refractivity contribution in [2.75, 3.05) is 26.2 Å². The van der Waals surface area contributed by atoms with E-state index in [9.17, 15) is 19.2 Å². The molecule has 0 fully saturated rings. The highest BCUT2D eigenvalue weighted by atomic mass is 16.2. The van der Waals surface area contributed by atoms with E-state index >= 15 is 0 Å². The van der Waals surface area contributed by atoms with Gasteiger partial charge in [-0.25, -0.2) is 0 Å². The van der Waals surface area contributed by atoms with Gasteiger partial charge in [0.15, 0.2) is 0 Å². The lowest BCUT2D eigenvalue weighted by Crippen LogP contribution is -2.58. The monoisotopic (exact) mass is 598 g/mol. The molecule has 0 aromatic carbocycles. The summed E-state index contributed by atoms with van der Waals surface area (Å²) in [4.78, 5) is 53.9. The van der Waals surface area contributed by atoms with Crippen molar-refractivity contribution in [2.45, 2.75) is 140 Å². The summed E-state index contributed by atoms with van der Waals surface area (Å²) in [6.07, 6.45) is 14.0. The second kappa shape index (κ2) is 26.5. The van der Waals surface area contributed by atoms with E-state index in [-0.39, 0.29) is 19.3 Å². The smallest absolute Gasteiger partial charge is 0.252 e. The molecule has 0 aromatic rings. The van der Waals surface area contributed by atoms with Crippen molar-refractivity contribution in [3.63, 3.8) is 0 Å². The van der Waals surface area contributed by atoms with E-state index < -0.39 is 41.8 Å². The summed E-state index contributed by atoms with van der Waals surface area (Å²) in [7, 11) is 0. The molecule has 0 bridgehead atoms. The van der Waals surface area contributed by atoms with Crippen LogP contribution in [0.15, 0.2) is 0 Å². The quantitative estimate of drug-likeness (QED) is 0.0640. The van der Waals surface area contributed by atoms with Crippen LogP contribution in [0.2, 0.25) is 0 Å². The van der Waals surface area contributed by atoms with Gasteiger partial charge < -0.3 is 39.7 Å². The average molecular weight is 599 g/mol. The zero-order valence-electron chi connectivity index (χ0n) is 26.0. The van der Waals surface area contributed by atoms with Crippen LogP contribution in [0.1, 0.15) is 122 Å². The summed E-state index contributed by atoms with van der Waals surface area (Å²) in [5.74, 6) is -2.32. The molecule has 0 rings (SSSR count). The minimum atomic E-state index is -1.11. The minimum Gasteiger partial charge on any atom is -0.368 e. The van der Waals surface area contributed by atoms with E-state index in [0.29, 0.717) is 64.6 Å². The standard InChI is InChI=1S/C30H62N8O4/c31-20-12-7-5-3-1-2-4-6-8-19-27(39)38(26(28(36)40)18-11-15-23-34)30(42)25(17-10-14-22-33)37-29(41)24(35)16-9-13-21-32/h24-26H,1-23,31-35H2,(H2,36,40)(H,37,41)/t24-,25-,26-/m0/s1. The zero-order chi connectivity index (χ0) is 31.6. The number of nitrogens with two attached hydrogens (primary N) is 6. The summed E-state index contributed by atoms with van der Waals surface area (Å²) in [5.41, 5.74) is 34.2. The van der Waals surface area contributed by atoms with Crippen molar-refractivity contribution in [3.05, 3.63) is 0 Å². The fraction of sp³-hybridized carbons (Fsp3) is 0.867. The normalized spacial score (nSPS) is 13.4. The maximum absolute atomic E-state index is 13.9. The molecule has 42 heavy (non-hydrogen) atoms. The average Bonchev–Trinajstić information content (AvgIpc) is 2.96. The lowest BCUT2D eigenvalue weighted by Gasteiger charge is -2.32. The molecule has 0 saturated heterocycles. The summed E-state index contributed by atoms with van der Waals surface area (Å²) < 4.78 is 0. The molecule has 0 saturated carbocycles. The second-order valence-corrected chi connectivity index (χ2v) is 11.3. The van der Waals surface area contributed by atoms with Crippen LogP contribution in [0.25, 0.3) is 0 Å². The van der Waals surface area contributed by atoms with E-state index in [1.807, 2.05) is 0 Å². The SMILES string of the molecule is NCCCCCCCCCCCC(=O)N(C(=O)[C@H](CCCCN)NC(=O)[C@@H](N)CCCCN)[C@@H](CCCCN)C(N)=O. The van der Waals surface area contributed by atoms with Gasteiger partial charge in [-0.1, -0.05) is 51.4 Å². The third-order valence-electron chi connectivity index (χ3n) is 7.54. The largest absolute Gasteiger partial charge is 0.368 e. The number of hydrogen-bond acceptors (Lipinski definition) is 9. The number of rotatable bonds is 28. The molecule has 12 nitrogen and oxygen atoms in total. The Bertz CT molecular complexity index is 740. The number of nitrogens with one attached hydrogen (secondary N) is 1. The Morgan fingerprint density at radius 2 is 1.00 bits per heavy atom. The predicted octanol–water partition coefficient (Wildman–Crippen LogP) is 1.25. The Hall–Kier alpha value is -2.12. The first kappa shape index (κ1) is 39.9. The number of unbranched alkanes of at least 4 members (excludes halogenated alkanes) is 11. The summed E-state index contributed by atoms with van der Waals surface area (Å²) in [6, 6.07) is -2.95. The molecule has 4 amide bonds. The van der Waals surface area contributed by atoms with Gasteiger partial charge in [-0.05, 0) is 90.4 Å². The molecule has 12 heteroatoms. The van der Waals surface area contributed by atoms with Gasteiger partial charge in [0.05, 0.1) is 6.04 Å². The Morgan fingerprint density at radius 3 is 1.50 bits per heavy atom. The second-order valence-electron chi connectivity index (χ2n) is 11.3. The van der Waals surface area contributed by atoms with Gasteiger partial charge in [0, 0.05) is 6.42 Å². The van der Waals surface area contributed by atoms with Gasteiger partial charge in [0.2, 0.25) is 17.7 Å². The van der Waals surface area contributed by atoms with Crippen LogP contribution in [0, 0.1) is 0 Å². The maximum atomic E-state index is 13.9. The van der Waals surface area contributed by atoms with Crippen molar-refractivity contribution >= 4 is 23.6 Å². The summed E-state index contributed by atoms with van der Waals surface area (Å²) in [6.45, 7) is 2.08. The molecule has 0 aliphatic heterocycles. The number of amides is 4. The van der Waals surface area contributed by atoms with Crippen LogP contribution in [-0.4, -0.2) is 72.8 Å². The molecule has 0 unspecified atom stereocenters. The van der Waals surface area contributed by atoms with Crippen molar-refractivity contribution in [3.8, 4) is 0 Å². The third-order valence-corrected chi connectivity index (χ3v) is 7.54. The lowest BCUT2D eigenvalue weighted by atomic mass is 10.0. The maximum Gasteiger partial charge on any atom is 0.252 e. The first-order valence-electron chi connectivity index (χ1n) is 16.3. The zero-order valence-corrected chi connectivity index (χ0v) is 26.0. The number of nitrogens with zero attached hydrogens (tertiary/aromatic N) is 1. The first-order valence-corrected chi connectivity index (χ1v) is 16.3. The summed E-state index contributed by atoms with van der Waals surface area (Å²) in [5, 5.41) is 2.75. The highest BCUT2D eigenvalue weighted by Gasteiger charge is 2.37. The molecule has 0 aromatic heterocycles. The van der Waals surface area contributed by atoms with Crippen molar-refractivity contribution < 1.29 is 19.2 Å². The van der Waals surface area contributed by atoms with Crippen molar-refractivity contribution in [1.82, 2.24) is 10.2 Å². The van der Waals surface area contributed by atoms with E-state index in [2.05, 4.69) is 5.32 Å². The topological polar surface area (TPSA) is 240 Å². The van der Waals surface area contributed by atoms with Crippen LogP contribution < -0.4 is 39.7 Å². The molecule has 0 aliphatic rings. The number of carbonyl (C=O) groups is 4. The Morgan fingerprint density at radius 1 is 0.571 bits per heavy atom. The minimum absolute atomic E-state index is 0.116. The fourth-order valence-electron chi connectivity index (χ4n) is 4.95. The number of carbonyl (C=O) groups excluding carboxylic acids is 4. The van der Waals surface area contributed by atoms with Crippen LogP contribution in [-0.2, 0) is 19.2 Å². The van der Waals surface area contributed by atoms with Crippen LogP contribution in [0.4, 0.5) is 0 Å². The van der Waals surface area contributed by atoms with Crippen LogP contribution in [0.3, 0.4) is 0 Å². The number of imide groups is 1. The van der Waals surface area contributed by atoms with E-state index in [4.69, 9.17) is 34.4 Å². The van der Waals surface area contributed by atoms with Crippen molar-refractivity contribution in [1.29, 1.82) is 0 Å². The molecule has 13 N–H and O–H groups in total. The highest BCUT2D eigenvalue weighted by molar-refractivity contribution is 6.03. The van der Waals surface area contributed by atoms with Crippen LogP contribution in [0.5, 0.6) is 0 Å². The highest BCUT2D eigenvalue weighted by Crippen LogP contribution is 2.18. The molecule has 0 aliphatic carbocycles. The van der Waals surface area contributed by atoms with E-state index in [0.717, 1.165) is 56.4 Å². The molecule has 0 spiro atoms.